The zero-order valence-electron chi connectivity index (χ0n) is 15.5. The first-order valence-electron chi connectivity index (χ1n) is 8.93. The number of benzene rings is 1. The van der Waals surface area contributed by atoms with Gasteiger partial charge in [0.1, 0.15) is 0 Å². The quantitative estimate of drug-likeness (QED) is 0.915. The van der Waals surface area contributed by atoms with Gasteiger partial charge in [-0.1, -0.05) is 29.8 Å². The predicted octanol–water partition coefficient (Wildman–Crippen LogP) is 3.03. The zero-order valence-corrected chi connectivity index (χ0v) is 15.5. The molecule has 1 aliphatic rings. The van der Waals surface area contributed by atoms with E-state index in [1.807, 2.05) is 49.9 Å². The van der Waals surface area contributed by atoms with Crippen molar-refractivity contribution >= 4 is 11.9 Å². The minimum Gasteiger partial charge on any atom is -0.478 e. The lowest BCUT2D eigenvalue weighted by Gasteiger charge is -2.37. The highest BCUT2D eigenvalue weighted by Crippen LogP contribution is 2.29. The van der Waals surface area contributed by atoms with Crippen molar-refractivity contribution in [1.82, 2.24) is 14.7 Å². The van der Waals surface area contributed by atoms with Gasteiger partial charge >= 0.3 is 5.97 Å². The van der Waals surface area contributed by atoms with Crippen molar-refractivity contribution in [1.29, 1.82) is 0 Å². The lowest BCUT2D eigenvalue weighted by molar-refractivity contribution is -0.137. The predicted molar refractivity (Wildman–Crippen MR) is 98.2 cm³/mol. The van der Waals surface area contributed by atoms with Crippen molar-refractivity contribution in [2.75, 3.05) is 13.1 Å². The Hall–Kier alpha value is -2.63. The highest BCUT2D eigenvalue weighted by atomic mass is 16.4. The Balaban J connectivity index is 1.65. The molecule has 0 radical (unpaired) electrons. The van der Waals surface area contributed by atoms with Crippen LogP contribution in [0.15, 0.2) is 36.7 Å². The maximum absolute atomic E-state index is 13.1. The monoisotopic (exact) mass is 355 g/mol. The molecule has 3 rings (SSSR count). The Bertz CT molecular complexity index is 800. The van der Waals surface area contributed by atoms with Gasteiger partial charge in [0.15, 0.2) is 0 Å². The number of amides is 1. The van der Waals surface area contributed by atoms with E-state index in [9.17, 15) is 9.59 Å². The third kappa shape index (κ3) is 3.49. The van der Waals surface area contributed by atoms with Gasteiger partial charge in [-0.05, 0) is 39.2 Å². The summed E-state index contributed by atoms with van der Waals surface area (Å²) in [6.45, 7) is 7.29. The number of hydrogen-bond donors (Lipinski definition) is 1. The number of piperidine rings is 1. The number of aryl methyl sites for hydroxylation is 1. The van der Waals surface area contributed by atoms with Crippen LogP contribution in [-0.2, 0) is 10.2 Å². The van der Waals surface area contributed by atoms with Gasteiger partial charge in [-0.2, -0.15) is 5.10 Å². The third-order valence-electron chi connectivity index (χ3n) is 5.28. The van der Waals surface area contributed by atoms with Gasteiger partial charge < -0.3 is 10.0 Å². The van der Waals surface area contributed by atoms with Crippen LogP contribution in [0.4, 0.5) is 0 Å². The Morgan fingerprint density at radius 1 is 1.15 bits per heavy atom. The number of carbonyl (C=O) groups excluding carboxylic acids is 1. The average molecular weight is 355 g/mol. The van der Waals surface area contributed by atoms with Crippen LogP contribution < -0.4 is 0 Å². The summed E-state index contributed by atoms with van der Waals surface area (Å²) in [5.74, 6) is -0.838. The van der Waals surface area contributed by atoms with Crippen LogP contribution >= 0.6 is 0 Å². The summed E-state index contributed by atoms with van der Waals surface area (Å²) < 4.78 is 1.72. The molecule has 1 N–H and O–H groups in total. The van der Waals surface area contributed by atoms with Crippen LogP contribution in [0.5, 0.6) is 0 Å². The summed E-state index contributed by atoms with van der Waals surface area (Å²) in [6.07, 6.45) is 4.49. The van der Waals surface area contributed by atoms with Crippen LogP contribution in [0.3, 0.4) is 0 Å². The van der Waals surface area contributed by atoms with Gasteiger partial charge in [0.2, 0.25) is 5.91 Å². The van der Waals surface area contributed by atoms with Crippen LogP contribution in [0.25, 0.3) is 0 Å². The van der Waals surface area contributed by atoms with Crippen molar-refractivity contribution in [2.45, 2.75) is 45.1 Å². The van der Waals surface area contributed by atoms with Crippen LogP contribution in [-0.4, -0.2) is 44.8 Å². The lowest BCUT2D eigenvalue weighted by atomic mass is 9.82. The molecule has 0 bridgehead atoms. The topological polar surface area (TPSA) is 75.4 Å². The molecule has 0 atom stereocenters. The van der Waals surface area contributed by atoms with Gasteiger partial charge in [-0.25, -0.2) is 4.79 Å². The van der Waals surface area contributed by atoms with Crippen LogP contribution in [0.1, 0.15) is 54.2 Å². The smallest absolute Gasteiger partial charge is 0.338 e. The first-order valence-corrected chi connectivity index (χ1v) is 8.93. The van der Waals surface area contributed by atoms with E-state index in [1.54, 1.807) is 10.9 Å². The molecule has 0 saturated carbocycles. The number of carbonyl (C=O) groups is 2. The first-order chi connectivity index (χ1) is 12.3. The number of nitrogens with zero attached hydrogens (tertiary/aromatic N) is 3. The Morgan fingerprint density at radius 3 is 2.31 bits per heavy atom. The van der Waals surface area contributed by atoms with Gasteiger partial charge in [0.25, 0.3) is 0 Å². The molecule has 1 aliphatic heterocycles. The number of aromatic carboxylic acids is 1. The largest absolute Gasteiger partial charge is 0.478 e. The molecule has 138 valence electrons. The first kappa shape index (κ1) is 18.2. The van der Waals surface area contributed by atoms with Crippen molar-refractivity contribution in [3.8, 4) is 0 Å². The second kappa shape index (κ2) is 6.94. The molecule has 1 fully saturated rings. The average Bonchev–Trinajstić information content (AvgIpc) is 3.12. The fourth-order valence-electron chi connectivity index (χ4n) is 3.47. The SMILES string of the molecule is Cc1ccc(C(C)(C)C(=O)N2CCC(n3cc(C(=O)O)cn3)CC2)cc1. The summed E-state index contributed by atoms with van der Waals surface area (Å²) in [5.41, 5.74) is 1.83. The van der Waals surface area contributed by atoms with Crippen LogP contribution in [0.2, 0.25) is 0 Å². The van der Waals surface area contributed by atoms with Crippen molar-refractivity contribution < 1.29 is 14.7 Å². The van der Waals surface area contributed by atoms with E-state index >= 15 is 0 Å². The number of likely N-dealkylation sites (tertiary alicyclic amines) is 1. The van der Waals surface area contributed by atoms with Gasteiger partial charge in [-0.3, -0.25) is 9.48 Å². The summed E-state index contributed by atoms with van der Waals surface area (Å²) in [5, 5.41) is 13.2. The van der Waals surface area contributed by atoms with Crippen molar-refractivity contribution in [2.24, 2.45) is 0 Å². The molecular formula is C20H25N3O3. The summed E-state index contributed by atoms with van der Waals surface area (Å²) in [7, 11) is 0. The maximum atomic E-state index is 13.1. The molecule has 26 heavy (non-hydrogen) atoms. The molecule has 6 heteroatoms. The molecule has 1 amide bonds. The summed E-state index contributed by atoms with van der Waals surface area (Å²) in [6, 6.07) is 8.26. The molecule has 0 aliphatic carbocycles. The summed E-state index contributed by atoms with van der Waals surface area (Å²) in [4.78, 5) is 26.0. The molecule has 1 saturated heterocycles. The fourth-order valence-corrected chi connectivity index (χ4v) is 3.47. The van der Waals surface area contributed by atoms with E-state index in [2.05, 4.69) is 5.10 Å². The van der Waals surface area contributed by atoms with E-state index in [0.717, 1.165) is 18.4 Å². The minimum absolute atomic E-state index is 0.131. The highest BCUT2D eigenvalue weighted by molar-refractivity contribution is 5.87. The third-order valence-corrected chi connectivity index (χ3v) is 5.28. The molecule has 0 spiro atoms. The van der Waals surface area contributed by atoms with Gasteiger partial charge in [0.05, 0.1) is 23.2 Å². The van der Waals surface area contributed by atoms with E-state index in [4.69, 9.17) is 5.11 Å². The van der Waals surface area contributed by atoms with Crippen molar-refractivity contribution in [3.63, 3.8) is 0 Å². The van der Waals surface area contributed by atoms with E-state index in [-0.39, 0.29) is 17.5 Å². The Kier molecular flexibility index (Phi) is 4.85. The number of aromatic nitrogens is 2. The number of carboxylic acids is 1. The molecule has 1 aromatic heterocycles. The highest BCUT2D eigenvalue weighted by Gasteiger charge is 2.35. The van der Waals surface area contributed by atoms with E-state index < -0.39 is 11.4 Å². The molecule has 2 aromatic rings. The standard InChI is InChI=1S/C20H25N3O3/c1-14-4-6-16(7-5-14)20(2,3)19(26)22-10-8-17(9-11-22)23-13-15(12-21-23)18(24)25/h4-7,12-13,17H,8-11H2,1-3H3,(H,24,25). The van der Waals surface area contributed by atoms with E-state index in [1.165, 1.54) is 11.8 Å². The second-order valence-electron chi connectivity index (χ2n) is 7.53. The van der Waals surface area contributed by atoms with Gasteiger partial charge in [0, 0.05) is 19.3 Å². The second-order valence-corrected chi connectivity index (χ2v) is 7.53. The lowest BCUT2D eigenvalue weighted by Crippen LogP contribution is -2.47. The maximum Gasteiger partial charge on any atom is 0.338 e. The van der Waals surface area contributed by atoms with Crippen LogP contribution in [0, 0.1) is 6.92 Å². The number of carboxylic acid groups (broad SMARTS) is 1. The molecule has 1 aromatic carbocycles. The number of hydrogen-bond acceptors (Lipinski definition) is 3. The molecular weight excluding hydrogens is 330 g/mol. The zero-order chi connectivity index (χ0) is 18.9. The fraction of sp³-hybridized carbons (Fsp3) is 0.450. The molecule has 2 heterocycles. The normalized spacial score (nSPS) is 15.9. The molecule has 6 nitrogen and oxygen atoms in total. The number of rotatable bonds is 4. The Labute approximate surface area is 153 Å². The molecule has 0 unspecified atom stereocenters. The Morgan fingerprint density at radius 2 is 1.77 bits per heavy atom. The van der Waals surface area contributed by atoms with Crippen molar-refractivity contribution in [3.05, 3.63) is 53.3 Å². The summed E-state index contributed by atoms with van der Waals surface area (Å²) >= 11 is 0. The van der Waals surface area contributed by atoms with Gasteiger partial charge in [-0.15, -0.1) is 0 Å². The minimum atomic E-state index is -0.969. The van der Waals surface area contributed by atoms with E-state index in [0.29, 0.717) is 13.1 Å².